The molecule has 8 nitrogen and oxygen atoms in total. The molecule has 1 N–H and O–H groups in total. The van der Waals surface area contributed by atoms with Crippen LogP contribution < -0.4 is 5.32 Å². The predicted octanol–water partition coefficient (Wildman–Crippen LogP) is 2.77. The van der Waals surface area contributed by atoms with Crippen LogP contribution in [-0.4, -0.2) is 14.8 Å². The van der Waals surface area contributed by atoms with Gasteiger partial charge in [0.2, 0.25) is 0 Å². The van der Waals surface area contributed by atoms with Crippen molar-refractivity contribution >= 4 is 17.6 Å². The molecule has 0 bridgehead atoms. The van der Waals surface area contributed by atoms with Gasteiger partial charge in [-0.3, -0.25) is 20.2 Å². The third kappa shape index (κ3) is 2.37. The maximum Gasteiger partial charge on any atom is 0.273 e. The summed E-state index contributed by atoms with van der Waals surface area (Å²) in [4.78, 5) is 25.1. The third-order valence-corrected chi connectivity index (χ3v) is 3.37. The van der Waals surface area contributed by atoms with Crippen molar-refractivity contribution < 1.29 is 9.85 Å². The zero-order valence-electron chi connectivity index (χ0n) is 11.2. The number of benzene rings is 1. The molecule has 0 aliphatic carbocycles. The smallest absolute Gasteiger partial charge is 0.273 e. The van der Waals surface area contributed by atoms with Crippen molar-refractivity contribution in [3.63, 3.8) is 0 Å². The first kappa shape index (κ1) is 13.7. The summed E-state index contributed by atoms with van der Waals surface area (Å²) in [5.74, 6) is 0.538. The Kier molecular flexibility index (Phi) is 3.26. The summed E-state index contributed by atoms with van der Waals surface area (Å²) < 4.78 is 0. The normalized spacial score (nSPS) is 16.2. The molecule has 2 heterocycles. The molecular formula is C14H10N4O4. The number of hydrogen-bond donors (Lipinski definition) is 1. The van der Waals surface area contributed by atoms with E-state index in [1.165, 1.54) is 30.3 Å². The van der Waals surface area contributed by atoms with Gasteiger partial charge >= 0.3 is 0 Å². The number of nitro benzene ring substituents is 1. The first-order valence-electron chi connectivity index (χ1n) is 6.38. The molecule has 0 saturated heterocycles. The molecule has 0 saturated carbocycles. The van der Waals surface area contributed by atoms with Crippen molar-refractivity contribution in [2.24, 2.45) is 0 Å². The van der Waals surface area contributed by atoms with Crippen LogP contribution in [0, 0.1) is 20.2 Å². The van der Waals surface area contributed by atoms with Gasteiger partial charge in [-0.15, -0.1) is 0 Å². The van der Waals surface area contributed by atoms with Crippen molar-refractivity contribution in [3.05, 3.63) is 79.6 Å². The summed E-state index contributed by atoms with van der Waals surface area (Å²) in [5.41, 5.74) is 1.09. The molecule has 0 fully saturated rings. The third-order valence-electron chi connectivity index (χ3n) is 3.37. The molecule has 22 heavy (non-hydrogen) atoms. The van der Waals surface area contributed by atoms with Gasteiger partial charge in [-0.2, -0.15) is 0 Å². The molecule has 1 atom stereocenters. The number of aromatic nitrogens is 1. The molecule has 1 aliphatic heterocycles. The van der Waals surface area contributed by atoms with Crippen molar-refractivity contribution in [1.29, 1.82) is 0 Å². The molecular weight excluding hydrogens is 288 g/mol. The standard InChI is InChI=1S/C14H10N4O4/c19-17(20)11-5-3-9(4-6-11)13-12(18(21)22)8-10-2-1-7-15-14(10)16-13/h1-8,13H,(H,15,16). The van der Waals surface area contributed by atoms with Crippen molar-refractivity contribution in [2.45, 2.75) is 6.04 Å². The summed E-state index contributed by atoms with van der Waals surface area (Å²) >= 11 is 0. The lowest BCUT2D eigenvalue weighted by Gasteiger charge is -2.22. The molecule has 0 spiro atoms. The van der Waals surface area contributed by atoms with E-state index in [4.69, 9.17) is 0 Å². The fourth-order valence-corrected chi connectivity index (χ4v) is 2.31. The maximum atomic E-state index is 11.3. The van der Waals surface area contributed by atoms with Gasteiger partial charge in [-0.05, 0) is 29.8 Å². The Labute approximate surface area is 124 Å². The zero-order chi connectivity index (χ0) is 15.7. The van der Waals surface area contributed by atoms with Crippen LogP contribution in [0.15, 0.2) is 48.3 Å². The Hall–Kier alpha value is -3.29. The minimum atomic E-state index is -0.710. The van der Waals surface area contributed by atoms with E-state index in [-0.39, 0.29) is 11.4 Å². The summed E-state index contributed by atoms with van der Waals surface area (Å²) in [6, 6.07) is 8.36. The maximum absolute atomic E-state index is 11.3. The SMILES string of the molecule is O=[N+]([O-])C1=Cc2cccnc2NC1c1ccc([N+](=O)[O-])cc1. The Balaban J connectivity index is 2.03. The Morgan fingerprint density at radius 1 is 1.05 bits per heavy atom. The second kappa shape index (κ2) is 5.24. The molecule has 1 aromatic heterocycles. The highest BCUT2D eigenvalue weighted by atomic mass is 16.6. The second-order valence-electron chi connectivity index (χ2n) is 4.69. The van der Waals surface area contributed by atoms with Crippen LogP contribution in [0.5, 0.6) is 0 Å². The fraction of sp³-hybridized carbons (Fsp3) is 0.0714. The fourth-order valence-electron chi connectivity index (χ4n) is 2.31. The molecule has 0 radical (unpaired) electrons. The number of fused-ring (bicyclic) bond motifs is 1. The number of anilines is 1. The van der Waals surface area contributed by atoms with Gasteiger partial charge in [0.25, 0.3) is 11.4 Å². The first-order valence-corrected chi connectivity index (χ1v) is 6.38. The van der Waals surface area contributed by atoms with Gasteiger partial charge < -0.3 is 5.32 Å². The van der Waals surface area contributed by atoms with Crippen LogP contribution in [0.1, 0.15) is 17.2 Å². The topological polar surface area (TPSA) is 111 Å². The van der Waals surface area contributed by atoms with Gasteiger partial charge in [0, 0.05) is 30.0 Å². The molecule has 0 amide bonds. The molecule has 110 valence electrons. The predicted molar refractivity (Wildman–Crippen MR) is 78.7 cm³/mol. The highest BCUT2D eigenvalue weighted by Crippen LogP contribution is 2.34. The van der Waals surface area contributed by atoms with E-state index in [0.717, 1.165) is 0 Å². The van der Waals surface area contributed by atoms with E-state index < -0.39 is 15.9 Å². The number of nitrogens with one attached hydrogen (secondary N) is 1. The first-order chi connectivity index (χ1) is 10.6. The molecule has 1 aliphatic rings. The van der Waals surface area contributed by atoms with Crippen molar-refractivity contribution in [1.82, 2.24) is 4.98 Å². The van der Waals surface area contributed by atoms with Crippen LogP contribution in [0.4, 0.5) is 11.5 Å². The minimum absolute atomic E-state index is 0.0330. The van der Waals surface area contributed by atoms with Gasteiger partial charge in [0.05, 0.1) is 9.85 Å². The summed E-state index contributed by atoms with van der Waals surface area (Å²) in [6.45, 7) is 0. The van der Waals surface area contributed by atoms with E-state index >= 15 is 0 Å². The largest absolute Gasteiger partial charge is 0.353 e. The molecule has 8 heteroatoms. The Morgan fingerprint density at radius 2 is 1.77 bits per heavy atom. The monoisotopic (exact) mass is 298 g/mol. The van der Waals surface area contributed by atoms with Crippen LogP contribution in [0.25, 0.3) is 6.08 Å². The van der Waals surface area contributed by atoms with Crippen LogP contribution in [-0.2, 0) is 0 Å². The molecule has 2 aromatic rings. The van der Waals surface area contributed by atoms with Crippen molar-refractivity contribution in [3.8, 4) is 0 Å². The highest BCUT2D eigenvalue weighted by molar-refractivity contribution is 5.69. The van der Waals surface area contributed by atoms with Crippen LogP contribution >= 0.6 is 0 Å². The number of rotatable bonds is 3. The Morgan fingerprint density at radius 3 is 2.41 bits per heavy atom. The highest BCUT2D eigenvalue weighted by Gasteiger charge is 2.31. The van der Waals surface area contributed by atoms with Gasteiger partial charge in [-0.25, -0.2) is 4.98 Å². The molecule has 1 unspecified atom stereocenters. The quantitative estimate of drug-likeness (QED) is 0.688. The number of nitrogens with zero attached hydrogens (tertiary/aromatic N) is 3. The van der Waals surface area contributed by atoms with Gasteiger partial charge in [-0.1, -0.05) is 0 Å². The van der Waals surface area contributed by atoms with Crippen molar-refractivity contribution in [2.75, 3.05) is 5.32 Å². The lowest BCUT2D eigenvalue weighted by Crippen LogP contribution is -2.22. The zero-order valence-corrected chi connectivity index (χ0v) is 11.2. The van der Waals surface area contributed by atoms with E-state index in [2.05, 4.69) is 10.3 Å². The number of nitro groups is 2. The number of hydrogen-bond acceptors (Lipinski definition) is 6. The van der Waals surface area contributed by atoms with Crippen LogP contribution in [0.3, 0.4) is 0 Å². The van der Waals surface area contributed by atoms with E-state index in [0.29, 0.717) is 16.9 Å². The van der Waals surface area contributed by atoms with E-state index in [1.54, 1.807) is 18.3 Å². The lowest BCUT2D eigenvalue weighted by atomic mass is 9.98. The summed E-state index contributed by atoms with van der Waals surface area (Å²) in [5, 5.41) is 25.0. The molecule has 1 aromatic carbocycles. The average Bonchev–Trinajstić information content (AvgIpc) is 2.53. The summed E-state index contributed by atoms with van der Waals surface area (Å²) in [7, 11) is 0. The van der Waals surface area contributed by atoms with Crippen LogP contribution in [0.2, 0.25) is 0 Å². The van der Waals surface area contributed by atoms with Gasteiger partial charge in [0.15, 0.2) is 0 Å². The summed E-state index contributed by atoms with van der Waals surface area (Å²) in [6.07, 6.45) is 3.05. The minimum Gasteiger partial charge on any atom is -0.353 e. The molecule has 3 rings (SSSR count). The van der Waals surface area contributed by atoms with E-state index in [1.807, 2.05) is 0 Å². The van der Waals surface area contributed by atoms with Gasteiger partial charge in [0.1, 0.15) is 11.9 Å². The Bertz CT molecular complexity index is 786. The lowest BCUT2D eigenvalue weighted by molar-refractivity contribution is -0.427. The van der Waals surface area contributed by atoms with E-state index in [9.17, 15) is 20.2 Å². The number of pyridine rings is 1. The average molecular weight is 298 g/mol. The second-order valence-corrected chi connectivity index (χ2v) is 4.69. The number of non-ortho nitro benzene ring substituents is 1.